The number of nitrogens with one attached hydrogen (secondary N) is 2. The van der Waals surface area contributed by atoms with Crippen LogP contribution in [-0.2, 0) is 4.79 Å². The third kappa shape index (κ3) is 4.67. The molecular formula is C14H21ClN2O. The summed E-state index contributed by atoms with van der Waals surface area (Å²) in [5.74, 6) is 0.0378. The van der Waals surface area contributed by atoms with E-state index in [9.17, 15) is 4.79 Å². The molecule has 0 fully saturated rings. The van der Waals surface area contributed by atoms with Crippen LogP contribution >= 0.6 is 11.6 Å². The largest absolute Gasteiger partial charge is 0.349 e. The van der Waals surface area contributed by atoms with Gasteiger partial charge in [0.15, 0.2) is 0 Å². The predicted molar refractivity (Wildman–Crippen MR) is 75.8 cm³/mol. The van der Waals surface area contributed by atoms with Crippen LogP contribution in [0.2, 0.25) is 5.02 Å². The maximum Gasteiger partial charge on any atom is 0.222 e. The lowest BCUT2D eigenvalue weighted by molar-refractivity contribution is -0.122. The molecule has 1 aromatic carbocycles. The van der Waals surface area contributed by atoms with Crippen LogP contribution in [0.5, 0.6) is 0 Å². The van der Waals surface area contributed by atoms with Crippen LogP contribution in [0.1, 0.15) is 38.8 Å². The normalized spacial score (nSPS) is 14.0. The van der Waals surface area contributed by atoms with Crippen molar-refractivity contribution in [1.82, 2.24) is 10.6 Å². The van der Waals surface area contributed by atoms with Crippen LogP contribution in [0.15, 0.2) is 24.3 Å². The van der Waals surface area contributed by atoms with Crippen LogP contribution < -0.4 is 10.6 Å². The van der Waals surface area contributed by atoms with Crippen LogP contribution in [-0.4, -0.2) is 18.5 Å². The number of benzene rings is 1. The monoisotopic (exact) mass is 268 g/mol. The van der Waals surface area contributed by atoms with Gasteiger partial charge in [0.2, 0.25) is 5.91 Å². The van der Waals surface area contributed by atoms with Crippen molar-refractivity contribution in [1.29, 1.82) is 0 Å². The quantitative estimate of drug-likeness (QED) is 0.833. The molecule has 1 aromatic rings. The van der Waals surface area contributed by atoms with Crippen molar-refractivity contribution in [3.8, 4) is 0 Å². The number of rotatable bonds is 6. The average molecular weight is 269 g/mol. The summed E-state index contributed by atoms with van der Waals surface area (Å²) in [4.78, 5) is 11.8. The van der Waals surface area contributed by atoms with Gasteiger partial charge in [-0.3, -0.25) is 4.79 Å². The van der Waals surface area contributed by atoms with E-state index in [4.69, 9.17) is 11.6 Å². The van der Waals surface area contributed by atoms with Crippen molar-refractivity contribution in [3.05, 3.63) is 34.9 Å². The van der Waals surface area contributed by atoms with E-state index in [1.54, 1.807) is 0 Å². The molecule has 2 atom stereocenters. The molecule has 2 N–H and O–H groups in total. The zero-order valence-electron chi connectivity index (χ0n) is 11.2. The minimum atomic E-state index is -0.0694. The molecule has 100 valence electrons. The van der Waals surface area contributed by atoms with Crippen molar-refractivity contribution in [3.63, 3.8) is 0 Å². The van der Waals surface area contributed by atoms with Crippen molar-refractivity contribution in [2.75, 3.05) is 6.54 Å². The molecular weight excluding hydrogens is 248 g/mol. The molecule has 3 nitrogen and oxygen atoms in total. The molecule has 4 heteroatoms. The second kappa shape index (κ2) is 7.39. The Morgan fingerprint density at radius 1 is 1.33 bits per heavy atom. The molecule has 18 heavy (non-hydrogen) atoms. The maximum absolute atomic E-state index is 11.8. The fourth-order valence-corrected chi connectivity index (χ4v) is 2.20. The third-order valence-corrected chi connectivity index (χ3v) is 3.14. The molecule has 1 amide bonds. The van der Waals surface area contributed by atoms with E-state index in [1.807, 2.05) is 45.0 Å². The topological polar surface area (TPSA) is 41.1 Å². The van der Waals surface area contributed by atoms with Crippen LogP contribution in [0.3, 0.4) is 0 Å². The van der Waals surface area contributed by atoms with Gasteiger partial charge >= 0.3 is 0 Å². The summed E-state index contributed by atoms with van der Waals surface area (Å²) in [6.07, 6.45) is 0.475. The highest BCUT2D eigenvalue weighted by Crippen LogP contribution is 2.22. The number of hydrogen-bond acceptors (Lipinski definition) is 2. The third-order valence-electron chi connectivity index (χ3n) is 2.79. The van der Waals surface area contributed by atoms with Gasteiger partial charge < -0.3 is 10.6 Å². The molecule has 0 bridgehead atoms. The molecule has 0 aliphatic heterocycles. The number of carbonyl (C=O) groups excluding carboxylic acids is 1. The summed E-state index contributed by atoms with van der Waals surface area (Å²) in [5.41, 5.74) is 0.948. The summed E-state index contributed by atoms with van der Waals surface area (Å²) >= 11 is 6.09. The second-order valence-corrected chi connectivity index (χ2v) is 4.88. The molecule has 1 rings (SSSR count). The van der Waals surface area contributed by atoms with Gasteiger partial charge in [0.1, 0.15) is 0 Å². The predicted octanol–water partition coefficient (Wildman–Crippen LogP) is 2.91. The summed E-state index contributed by atoms with van der Waals surface area (Å²) < 4.78 is 0. The Bertz CT molecular complexity index is 395. The SMILES string of the molecule is CCNC(C)CC(=O)N[C@H](C)c1ccccc1Cl. The molecule has 0 saturated carbocycles. The van der Waals surface area contributed by atoms with E-state index in [0.29, 0.717) is 11.4 Å². The van der Waals surface area contributed by atoms with Gasteiger partial charge in [0.05, 0.1) is 6.04 Å². The number of amides is 1. The van der Waals surface area contributed by atoms with E-state index >= 15 is 0 Å². The van der Waals surface area contributed by atoms with Gasteiger partial charge in [0, 0.05) is 17.5 Å². The standard InChI is InChI=1S/C14H21ClN2O/c1-4-16-10(2)9-14(18)17-11(3)12-7-5-6-8-13(12)15/h5-8,10-11,16H,4,9H2,1-3H3,(H,17,18)/t10?,11-/m1/s1. The summed E-state index contributed by atoms with van der Waals surface area (Å²) in [6.45, 7) is 6.84. The molecule has 0 aromatic heterocycles. The first-order valence-electron chi connectivity index (χ1n) is 6.31. The Kier molecular flexibility index (Phi) is 6.16. The Morgan fingerprint density at radius 2 is 2.00 bits per heavy atom. The first kappa shape index (κ1) is 15.0. The zero-order chi connectivity index (χ0) is 13.5. The summed E-state index contributed by atoms with van der Waals surface area (Å²) in [5, 5.41) is 6.86. The maximum atomic E-state index is 11.8. The Morgan fingerprint density at radius 3 is 2.61 bits per heavy atom. The van der Waals surface area contributed by atoms with Crippen LogP contribution in [0, 0.1) is 0 Å². The molecule has 1 unspecified atom stereocenters. The first-order valence-corrected chi connectivity index (χ1v) is 6.69. The molecule has 0 aliphatic carbocycles. The highest BCUT2D eigenvalue weighted by molar-refractivity contribution is 6.31. The van der Waals surface area contributed by atoms with Crippen LogP contribution in [0.4, 0.5) is 0 Å². The van der Waals surface area contributed by atoms with Crippen LogP contribution in [0.25, 0.3) is 0 Å². The average Bonchev–Trinajstić information content (AvgIpc) is 2.29. The van der Waals surface area contributed by atoms with Gasteiger partial charge in [-0.2, -0.15) is 0 Å². The molecule has 0 aliphatic rings. The van der Waals surface area contributed by atoms with Gasteiger partial charge in [-0.15, -0.1) is 0 Å². The second-order valence-electron chi connectivity index (χ2n) is 4.47. The van der Waals surface area contributed by atoms with Gasteiger partial charge in [-0.25, -0.2) is 0 Å². The van der Waals surface area contributed by atoms with Gasteiger partial charge in [-0.05, 0) is 32.0 Å². The fraction of sp³-hybridized carbons (Fsp3) is 0.500. The molecule has 0 heterocycles. The minimum Gasteiger partial charge on any atom is -0.349 e. The summed E-state index contributed by atoms with van der Waals surface area (Å²) in [6, 6.07) is 7.69. The first-order chi connectivity index (χ1) is 8.54. The van der Waals surface area contributed by atoms with E-state index in [0.717, 1.165) is 12.1 Å². The molecule has 0 radical (unpaired) electrons. The summed E-state index contributed by atoms with van der Waals surface area (Å²) in [7, 11) is 0. The smallest absolute Gasteiger partial charge is 0.222 e. The number of carbonyl (C=O) groups is 1. The van der Waals surface area contributed by atoms with Crippen molar-refractivity contribution in [2.45, 2.75) is 39.3 Å². The van der Waals surface area contributed by atoms with Gasteiger partial charge in [-0.1, -0.05) is 36.7 Å². The lowest BCUT2D eigenvalue weighted by Gasteiger charge is -2.17. The van der Waals surface area contributed by atoms with Crippen molar-refractivity contribution in [2.24, 2.45) is 0 Å². The van der Waals surface area contributed by atoms with E-state index < -0.39 is 0 Å². The highest BCUT2D eigenvalue weighted by atomic mass is 35.5. The van der Waals surface area contributed by atoms with Crippen molar-refractivity contribution < 1.29 is 4.79 Å². The molecule has 0 spiro atoms. The van der Waals surface area contributed by atoms with Crippen molar-refractivity contribution >= 4 is 17.5 Å². The fourth-order valence-electron chi connectivity index (χ4n) is 1.90. The number of hydrogen-bond donors (Lipinski definition) is 2. The zero-order valence-corrected chi connectivity index (χ0v) is 11.9. The molecule has 0 saturated heterocycles. The Hall–Kier alpha value is -1.06. The highest BCUT2D eigenvalue weighted by Gasteiger charge is 2.13. The Labute approximate surface area is 114 Å². The van der Waals surface area contributed by atoms with Gasteiger partial charge in [0.25, 0.3) is 0 Å². The van der Waals surface area contributed by atoms with E-state index in [-0.39, 0.29) is 18.0 Å². The van der Waals surface area contributed by atoms with E-state index in [2.05, 4.69) is 10.6 Å². The minimum absolute atomic E-state index is 0.0378. The lowest BCUT2D eigenvalue weighted by atomic mass is 10.1. The number of halogens is 1. The lowest BCUT2D eigenvalue weighted by Crippen LogP contribution is -2.34. The Balaban J connectivity index is 2.52. The van der Waals surface area contributed by atoms with E-state index in [1.165, 1.54) is 0 Å².